The highest BCUT2D eigenvalue weighted by Gasteiger charge is 2.13. The van der Waals surface area contributed by atoms with Gasteiger partial charge in [-0.25, -0.2) is 0 Å². The Kier molecular flexibility index (Phi) is 10.6. The van der Waals surface area contributed by atoms with Crippen LogP contribution in [0.3, 0.4) is 0 Å². The minimum absolute atomic E-state index is 0. The first-order chi connectivity index (χ1) is 12.5. The Balaban J connectivity index is 0.00000364. The van der Waals surface area contributed by atoms with Crippen LogP contribution in [-0.2, 0) is 13.2 Å². The van der Waals surface area contributed by atoms with E-state index in [1.165, 1.54) is 5.56 Å². The number of hydrogen-bond donors (Lipinski definition) is 1. The van der Waals surface area contributed by atoms with Crippen molar-refractivity contribution in [1.29, 1.82) is 0 Å². The molecule has 5 heteroatoms. The van der Waals surface area contributed by atoms with Gasteiger partial charge in [0.2, 0.25) is 0 Å². The lowest BCUT2D eigenvalue weighted by molar-refractivity contribution is 0.269. The lowest BCUT2D eigenvalue weighted by Gasteiger charge is -2.16. The van der Waals surface area contributed by atoms with E-state index in [0.29, 0.717) is 35.7 Å². The molecule has 0 spiro atoms. The normalized spacial score (nSPS) is 10.6. The van der Waals surface area contributed by atoms with E-state index < -0.39 is 0 Å². The van der Waals surface area contributed by atoms with Crippen molar-refractivity contribution < 1.29 is 9.47 Å². The van der Waals surface area contributed by atoms with E-state index in [1.54, 1.807) is 0 Å². The van der Waals surface area contributed by atoms with E-state index in [9.17, 15) is 0 Å². The van der Waals surface area contributed by atoms with Gasteiger partial charge in [-0.3, -0.25) is 0 Å². The lowest BCUT2D eigenvalue weighted by Crippen LogP contribution is -2.16. The molecule has 27 heavy (non-hydrogen) atoms. The minimum Gasteiger partial charge on any atom is -0.490 e. The molecule has 0 atom stereocenters. The molecule has 0 saturated heterocycles. The molecule has 0 fully saturated rings. The summed E-state index contributed by atoms with van der Waals surface area (Å²) in [5.74, 6) is 2.01. The van der Waals surface area contributed by atoms with E-state index >= 15 is 0 Å². The van der Waals surface area contributed by atoms with Crippen molar-refractivity contribution >= 4 is 24.0 Å². The van der Waals surface area contributed by atoms with Crippen molar-refractivity contribution in [2.24, 2.45) is 5.92 Å². The first-order valence-electron chi connectivity index (χ1n) is 9.33. The van der Waals surface area contributed by atoms with Gasteiger partial charge >= 0.3 is 0 Å². The molecule has 2 rings (SSSR count). The minimum atomic E-state index is 0. The number of benzene rings is 2. The van der Waals surface area contributed by atoms with Gasteiger partial charge in [-0.05, 0) is 56.0 Å². The predicted molar refractivity (Wildman–Crippen MR) is 117 cm³/mol. The fourth-order valence-electron chi connectivity index (χ4n) is 2.59. The van der Waals surface area contributed by atoms with Gasteiger partial charge in [-0.1, -0.05) is 55.3 Å². The van der Waals surface area contributed by atoms with Crippen molar-refractivity contribution in [2.75, 3.05) is 13.2 Å². The average molecular weight is 412 g/mol. The molecule has 0 unspecified atom stereocenters. The quantitative estimate of drug-likeness (QED) is 0.473. The molecule has 0 amide bonds. The van der Waals surface area contributed by atoms with Gasteiger partial charge in [-0.2, -0.15) is 0 Å². The van der Waals surface area contributed by atoms with Crippen LogP contribution in [0.15, 0.2) is 36.4 Å². The van der Waals surface area contributed by atoms with E-state index in [1.807, 2.05) is 19.1 Å². The fraction of sp³-hybridized carbons (Fsp3) is 0.455. The smallest absolute Gasteiger partial charge is 0.180 e. The Labute approximate surface area is 174 Å². The van der Waals surface area contributed by atoms with Gasteiger partial charge in [0.05, 0.1) is 11.6 Å². The lowest BCUT2D eigenvalue weighted by atomic mass is 10.1. The van der Waals surface area contributed by atoms with Crippen LogP contribution in [0.5, 0.6) is 11.5 Å². The van der Waals surface area contributed by atoms with Crippen molar-refractivity contribution in [3.63, 3.8) is 0 Å². The highest BCUT2D eigenvalue weighted by molar-refractivity contribution is 6.32. The van der Waals surface area contributed by atoms with Crippen LogP contribution in [0.4, 0.5) is 0 Å². The molecular formula is C22H31Cl2NO2. The maximum absolute atomic E-state index is 6.49. The fourth-order valence-corrected chi connectivity index (χ4v) is 2.88. The molecule has 1 N–H and O–H groups in total. The molecule has 0 aliphatic carbocycles. The number of hydrogen-bond acceptors (Lipinski definition) is 3. The first kappa shape index (κ1) is 23.6. The van der Waals surface area contributed by atoms with E-state index in [4.69, 9.17) is 21.1 Å². The summed E-state index contributed by atoms with van der Waals surface area (Å²) >= 11 is 6.49. The number of halogens is 2. The molecular weight excluding hydrogens is 381 g/mol. The average Bonchev–Trinajstić information content (AvgIpc) is 2.59. The third kappa shape index (κ3) is 8.00. The zero-order chi connectivity index (χ0) is 18.9. The molecule has 0 saturated carbocycles. The number of aryl methyl sites for hydroxylation is 1. The zero-order valence-corrected chi connectivity index (χ0v) is 18.3. The van der Waals surface area contributed by atoms with Crippen molar-refractivity contribution in [2.45, 2.75) is 47.3 Å². The van der Waals surface area contributed by atoms with Crippen molar-refractivity contribution in [3.8, 4) is 11.5 Å². The molecule has 0 aliphatic heterocycles. The Morgan fingerprint density at radius 3 is 2.37 bits per heavy atom. The Morgan fingerprint density at radius 2 is 1.74 bits per heavy atom. The molecule has 2 aromatic carbocycles. The van der Waals surface area contributed by atoms with E-state index in [2.05, 4.69) is 50.4 Å². The van der Waals surface area contributed by atoms with Gasteiger partial charge in [0.1, 0.15) is 6.61 Å². The van der Waals surface area contributed by atoms with Gasteiger partial charge in [0.25, 0.3) is 0 Å². The highest BCUT2D eigenvalue weighted by atomic mass is 35.5. The SMILES string of the molecule is CCOc1cc(CNCCC(C)C)cc(Cl)c1OCc1ccc(C)cc1.Cl. The summed E-state index contributed by atoms with van der Waals surface area (Å²) < 4.78 is 11.8. The van der Waals surface area contributed by atoms with Crippen LogP contribution in [0.25, 0.3) is 0 Å². The molecule has 3 nitrogen and oxygen atoms in total. The molecule has 0 aliphatic rings. The van der Waals surface area contributed by atoms with Gasteiger partial charge < -0.3 is 14.8 Å². The maximum atomic E-state index is 6.49. The first-order valence-corrected chi connectivity index (χ1v) is 9.71. The van der Waals surface area contributed by atoms with Crippen LogP contribution in [0.2, 0.25) is 5.02 Å². The van der Waals surface area contributed by atoms with Crippen molar-refractivity contribution in [3.05, 3.63) is 58.1 Å². The summed E-state index contributed by atoms with van der Waals surface area (Å²) in [6.07, 6.45) is 1.16. The van der Waals surface area contributed by atoms with Gasteiger partial charge in [0.15, 0.2) is 11.5 Å². The molecule has 0 bridgehead atoms. The summed E-state index contributed by atoms with van der Waals surface area (Å²) in [7, 11) is 0. The summed E-state index contributed by atoms with van der Waals surface area (Å²) in [6, 6.07) is 12.3. The second-order valence-corrected chi connectivity index (χ2v) is 7.38. The Bertz CT molecular complexity index is 687. The summed E-state index contributed by atoms with van der Waals surface area (Å²) in [5.41, 5.74) is 3.44. The van der Waals surface area contributed by atoms with Crippen LogP contribution in [-0.4, -0.2) is 13.2 Å². The largest absolute Gasteiger partial charge is 0.490 e. The maximum Gasteiger partial charge on any atom is 0.180 e. The van der Waals surface area contributed by atoms with Crippen LogP contribution >= 0.6 is 24.0 Å². The number of rotatable bonds is 10. The molecule has 2 aromatic rings. The van der Waals surface area contributed by atoms with Crippen LogP contribution in [0, 0.1) is 12.8 Å². The Hall–Kier alpha value is -1.42. The second kappa shape index (κ2) is 12.1. The molecule has 0 radical (unpaired) electrons. The monoisotopic (exact) mass is 411 g/mol. The van der Waals surface area contributed by atoms with Gasteiger partial charge in [-0.15, -0.1) is 12.4 Å². The van der Waals surface area contributed by atoms with Crippen LogP contribution < -0.4 is 14.8 Å². The van der Waals surface area contributed by atoms with Crippen LogP contribution in [0.1, 0.15) is 43.9 Å². The standard InChI is InChI=1S/C22H30ClNO2.ClH/c1-5-25-21-13-19(14-24-11-10-16(2)3)12-20(23)22(21)26-15-18-8-6-17(4)7-9-18;/h6-9,12-13,16,24H,5,10-11,14-15H2,1-4H3;1H. The van der Waals surface area contributed by atoms with E-state index in [0.717, 1.165) is 30.6 Å². The highest BCUT2D eigenvalue weighted by Crippen LogP contribution is 2.37. The third-order valence-electron chi connectivity index (χ3n) is 4.10. The second-order valence-electron chi connectivity index (χ2n) is 6.97. The van der Waals surface area contributed by atoms with E-state index in [-0.39, 0.29) is 12.4 Å². The topological polar surface area (TPSA) is 30.5 Å². The Morgan fingerprint density at radius 1 is 1.04 bits per heavy atom. The summed E-state index contributed by atoms with van der Waals surface area (Å²) in [6.45, 7) is 11.3. The molecule has 0 aromatic heterocycles. The molecule has 0 heterocycles. The van der Waals surface area contributed by atoms with Gasteiger partial charge in [0, 0.05) is 6.54 Å². The third-order valence-corrected chi connectivity index (χ3v) is 4.38. The summed E-state index contributed by atoms with van der Waals surface area (Å²) in [4.78, 5) is 0. The van der Waals surface area contributed by atoms with Crippen molar-refractivity contribution in [1.82, 2.24) is 5.32 Å². The number of ether oxygens (including phenoxy) is 2. The molecule has 150 valence electrons. The zero-order valence-electron chi connectivity index (χ0n) is 16.7. The number of nitrogens with one attached hydrogen (secondary N) is 1. The summed E-state index contributed by atoms with van der Waals surface area (Å²) in [5, 5.41) is 4.04. The predicted octanol–water partition coefficient (Wildman–Crippen LogP) is 6.18.